The molecule has 0 aliphatic carbocycles. The molecule has 0 spiro atoms. The van der Waals surface area contributed by atoms with E-state index in [1.165, 1.54) is 0 Å². The van der Waals surface area contributed by atoms with Crippen molar-refractivity contribution < 1.29 is 24.2 Å². The van der Waals surface area contributed by atoms with Crippen molar-refractivity contribution in [2.45, 2.75) is 19.4 Å². The summed E-state index contributed by atoms with van der Waals surface area (Å²) in [6, 6.07) is 15.5. The normalized spacial score (nSPS) is 11.5. The fraction of sp³-hybridized carbons (Fsp3) is 0.192. The van der Waals surface area contributed by atoms with Crippen LogP contribution in [0.3, 0.4) is 0 Å². The van der Waals surface area contributed by atoms with Gasteiger partial charge in [0.25, 0.3) is 11.8 Å². The first-order valence-electron chi connectivity index (χ1n) is 10.9. The number of hydrogen-bond acceptors (Lipinski definition) is 5. The molecule has 0 aliphatic heterocycles. The number of nitrogens with one attached hydrogen (secondary N) is 2. The van der Waals surface area contributed by atoms with Gasteiger partial charge in [0, 0.05) is 12.1 Å². The summed E-state index contributed by atoms with van der Waals surface area (Å²) in [5.74, 6) is -1.69. The summed E-state index contributed by atoms with van der Waals surface area (Å²) >= 11 is 18.4. The number of aryl methyl sites for hydroxylation is 1. The number of halogens is 3. The maximum absolute atomic E-state index is 12.9. The fourth-order valence-electron chi connectivity index (χ4n) is 3.46. The Hall–Kier alpha value is -3.10. The van der Waals surface area contributed by atoms with Crippen LogP contribution in [0.4, 0.5) is 5.69 Å². The molecule has 0 radical (unpaired) electrons. The predicted molar refractivity (Wildman–Crippen MR) is 140 cm³/mol. The van der Waals surface area contributed by atoms with Gasteiger partial charge in [-0.3, -0.25) is 9.59 Å². The van der Waals surface area contributed by atoms with Crippen LogP contribution in [0, 0.1) is 6.92 Å². The number of ether oxygens (including phenoxy) is 1. The Labute approximate surface area is 223 Å². The number of aliphatic hydroxyl groups excluding tert-OH is 1. The number of aliphatic hydroxyl groups is 1. The van der Waals surface area contributed by atoms with Crippen LogP contribution >= 0.6 is 34.8 Å². The van der Waals surface area contributed by atoms with E-state index in [9.17, 15) is 14.4 Å². The molecule has 0 heterocycles. The standard InChI is InChI=1S/C26H23Cl3N2O5/c1-15-4-2-5-18(27)22(15)24(33)31-21(26(35)36-13-12-32)14-16-8-10-17(11-9-16)30-25(34)23-19(28)6-3-7-20(23)29/h2-11,21,32H,12-14H2,1H3,(H,30,34)(H,31,33)/t21-/m0/s1. The highest BCUT2D eigenvalue weighted by atomic mass is 35.5. The Kier molecular flexibility index (Phi) is 9.73. The van der Waals surface area contributed by atoms with Crippen molar-refractivity contribution in [3.8, 4) is 0 Å². The molecule has 0 aliphatic rings. The number of carbonyl (C=O) groups is 3. The lowest BCUT2D eigenvalue weighted by molar-refractivity contribution is -0.146. The molecule has 3 aromatic rings. The second-order valence-corrected chi connectivity index (χ2v) is 9.02. The summed E-state index contributed by atoms with van der Waals surface area (Å²) in [4.78, 5) is 38.1. The van der Waals surface area contributed by atoms with Gasteiger partial charge in [0.05, 0.1) is 32.8 Å². The molecule has 3 N–H and O–H groups in total. The van der Waals surface area contributed by atoms with Gasteiger partial charge in [-0.1, -0.05) is 65.1 Å². The summed E-state index contributed by atoms with van der Waals surface area (Å²) in [5.41, 5.74) is 2.24. The molecule has 0 aromatic heterocycles. The van der Waals surface area contributed by atoms with Gasteiger partial charge in [-0.25, -0.2) is 4.79 Å². The predicted octanol–water partition coefficient (Wildman–Crippen LogP) is 5.08. The summed E-state index contributed by atoms with van der Waals surface area (Å²) in [6.07, 6.45) is 0.101. The number of benzene rings is 3. The Morgan fingerprint density at radius 1 is 0.861 bits per heavy atom. The molecule has 0 saturated carbocycles. The minimum absolute atomic E-state index is 0.101. The summed E-state index contributed by atoms with van der Waals surface area (Å²) in [6.45, 7) is 1.19. The number of anilines is 1. The number of hydrogen-bond donors (Lipinski definition) is 3. The van der Waals surface area contributed by atoms with E-state index in [1.54, 1.807) is 67.6 Å². The number of rotatable bonds is 9. The Bertz CT molecular complexity index is 1220. The van der Waals surface area contributed by atoms with Crippen molar-refractivity contribution in [1.82, 2.24) is 5.32 Å². The third-order valence-corrected chi connectivity index (χ3v) is 6.16. The number of esters is 1. The average molecular weight is 550 g/mol. The molecule has 10 heteroatoms. The molecule has 0 saturated heterocycles. The zero-order valence-corrected chi connectivity index (χ0v) is 21.5. The highest BCUT2D eigenvalue weighted by Crippen LogP contribution is 2.25. The van der Waals surface area contributed by atoms with E-state index < -0.39 is 23.8 Å². The van der Waals surface area contributed by atoms with Crippen LogP contribution in [-0.2, 0) is 16.0 Å². The van der Waals surface area contributed by atoms with Gasteiger partial charge in [0.1, 0.15) is 12.6 Å². The molecule has 3 rings (SSSR count). The summed E-state index contributed by atoms with van der Waals surface area (Å²) in [5, 5.41) is 15.1. The van der Waals surface area contributed by atoms with Gasteiger partial charge >= 0.3 is 5.97 Å². The van der Waals surface area contributed by atoms with Crippen LogP contribution in [0.25, 0.3) is 0 Å². The molecule has 0 bridgehead atoms. The molecule has 188 valence electrons. The van der Waals surface area contributed by atoms with Gasteiger partial charge in [-0.15, -0.1) is 0 Å². The molecule has 0 unspecified atom stereocenters. The van der Waals surface area contributed by atoms with Crippen molar-refractivity contribution in [3.05, 3.63) is 98.0 Å². The maximum Gasteiger partial charge on any atom is 0.329 e. The number of carbonyl (C=O) groups excluding carboxylic acids is 3. The second-order valence-electron chi connectivity index (χ2n) is 7.80. The minimum atomic E-state index is -1.04. The molecule has 0 fully saturated rings. The Balaban J connectivity index is 1.75. The van der Waals surface area contributed by atoms with E-state index in [4.69, 9.17) is 44.6 Å². The highest BCUT2D eigenvalue weighted by Gasteiger charge is 2.25. The van der Waals surface area contributed by atoms with Crippen molar-refractivity contribution in [2.24, 2.45) is 0 Å². The van der Waals surface area contributed by atoms with Gasteiger partial charge in [0.15, 0.2) is 0 Å². The lowest BCUT2D eigenvalue weighted by atomic mass is 10.0. The molecule has 36 heavy (non-hydrogen) atoms. The van der Waals surface area contributed by atoms with E-state index in [0.29, 0.717) is 16.8 Å². The van der Waals surface area contributed by atoms with E-state index in [2.05, 4.69) is 10.6 Å². The molecule has 2 amide bonds. The third kappa shape index (κ3) is 6.98. The summed E-state index contributed by atoms with van der Waals surface area (Å²) in [7, 11) is 0. The fourth-order valence-corrected chi connectivity index (χ4v) is 4.33. The first-order valence-corrected chi connectivity index (χ1v) is 12.0. The van der Waals surface area contributed by atoms with Gasteiger partial charge in [-0.05, 0) is 48.4 Å². The number of amides is 2. The van der Waals surface area contributed by atoms with Crippen LogP contribution < -0.4 is 10.6 Å². The van der Waals surface area contributed by atoms with Crippen LogP contribution in [-0.4, -0.2) is 42.1 Å². The molecular weight excluding hydrogens is 527 g/mol. The highest BCUT2D eigenvalue weighted by molar-refractivity contribution is 6.40. The lowest BCUT2D eigenvalue weighted by Crippen LogP contribution is -2.44. The van der Waals surface area contributed by atoms with Crippen LogP contribution in [0.2, 0.25) is 15.1 Å². The zero-order valence-electron chi connectivity index (χ0n) is 19.2. The van der Waals surface area contributed by atoms with Gasteiger partial charge in [0.2, 0.25) is 0 Å². The molecular formula is C26H23Cl3N2O5. The largest absolute Gasteiger partial charge is 0.462 e. The quantitative estimate of drug-likeness (QED) is 0.323. The van der Waals surface area contributed by atoms with Crippen LogP contribution in [0.15, 0.2) is 60.7 Å². The third-order valence-electron chi connectivity index (χ3n) is 5.22. The second kappa shape index (κ2) is 12.7. The smallest absolute Gasteiger partial charge is 0.329 e. The van der Waals surface area contributed by atoms with Crippen LogP contribution in [0.1, 0.15) is 31.8 Å². The first-order chi connectivity index (χ1) is 17.2. The Morgan fingerprint density at radius 2 is 1.44 bits per heavy atom. The van der Waals surface area contributed by atoms with E-state index in [1.807, 2.05) is 0 Å². The van der Waals surface area contributed by atoms with Gasteiger partial charge < -0.3 is 20.5 Å². The topological polar surface area (TPSA) is 105 Å². The van der Waals surface area contributed by atoms with Crippen molar-refractivity contribution in [3.63, 3.8) is 0 Å². The average Bonchev–Trinajstić information content (AvgIpc) is 2.83. The molecule has 1 atom stereocenters. The zero-order chi connectivity index (χ0) is 26.2. The van der Waals surface area contributed by atoms with E-state index in [0.717, 1.165) is 0 Å². The van der Waals surface area contributed by atoms with E-state index >= 15 is 0 Å². The lowest BCUT2D eigenvalue weighted by Gasteiger charge is -2.19. The van der Waals surface area contributed by atoms with Crippen molar-refractivity contribution in [2.75, 3.05) is 18.5 Å². The van der Waals surface area contributed by atoms with Crippen LogP contribution in [0.5, 0.6) is 0 Å². The molecule has 7 nitrogen and oxygen atoms in total. The molecule has 3 aromatic carbocycles. The Morgan fingerprint density at radius 3 is 2.03 bits per heavy atom. The first kappa shape index (κ1) is 27.5. The monoisotopic (exact) mass is 548 g/mol. The van der Waals surface area contributed by atoms with Crippen molar-refractivity contribution in [1.29, 1.82) is 0 Å². The SMILES string of the molecule is Cc1cccc(Cl)c1C(=O)N[C@@H](Cc1ccc(NC(=O)c2c(Cl)cccc2Cl)cc1)C(=O)OCCO. The van der Waals surface area contributed by atoms with E-state index in [-0.39, 0.29) is 45.8 Å². The van der Waals surface area contributed by atoms with Crippen molar-refractivity contribution >= 4 is 58.3 Å². The minimum Gasteiger partial charge on any atom is -0.462 e. The maximum atomic E-state index is 12.9. The van der Waals surface area contributed by atoms with Gasteiger partial charge in [-0.2, -0.15) is 0 Å². The summed E-state index contributed by atoms with van der Waals surface area (Å²) < 4.78 is 5.05.